The smallest absolute Gasteiger partial charge is 0.260 e. The molecule has 0 unspecified atom stereocenters. The number of hydrogen-bond donors (Lipinski definition) is 1. The van der Waals surface area contributed by atoms with E-state index in [-0.39, 0.29) is 5.91 Å². The summed E-state index contributed by atoms with van der Waals surface area (Å²) < 4.78 is 5.74. The van der Waals surface area contributed by atoms with Crippen molar-refractivity contribution in [1.29, 1.82) is 0 Å². The van der Waals surface area contributed by atoms with E-state index in [4.69, 9.17) is 4.74 Å². The molecule has 0 aliphatic rings. The van der Waals surface area contributed by atoms with Crippen LogP contribution in [0.1, 0.15) is 6.92 Å². The molecule has 2 rings (SSSR count). The number of ether oxygens (including phenoxy) is 1. The van der Waals surface area contributed by atoms with Crippen LogP contribution in [0.2, 0.25) is 0 Å². The fraction of sp³-hybridized carbons (Fsp3) is 0.188. The van der Waals surface area contributed by atoms with Crippen molar-refractivity contribution in [3.05, 3.63) is 54.6 Å². The lowest BCUT2D eigenvalue weighted by molar-refractivity contribution is -0.126. The lowest BCUT2D eigenvalue weighted by Crippen LogP contribution is -2.33. The predicted octanol–water partition coefficient (Wildman–Crippen LogP) is 2.87. The van der Waals surface area contributed by atoms with Crippen LogP contribution in [0.15, 0.2) is 54.6 Å². The number of carbonyl (C=O) groups excluding carboxylic acids is 1. The highest BCUT2D eigenvalue weighted by molar-refractivity contribution is 5.81. The van der Waals surface area contributed by atoms with Crippen molar-refractivity contribution in [2.75, 3.05) is 7.05 Å². The molecule has 0 heterocycles. The molecule has 0 saturated heterocycles. The van der Waals surface area contributed by atoms with Crippen molar-refractivity contribution in [2.45, 2.75) is 13.0 Å². The minimum atomic E-state index is -0.519. The van der Waals surface area contributed by atoms with Crippen molar-refractivity contribution >= 4 is 5.91 Å². The summed E-state index contributed by atoms with van der Waals surface area (Å²) in [6.07, 6.45) is -0.519. The Kier molecular flexibility index (Phi) is 4.18. The monoisotopic (exact) mass is 255 g/mol. The van der Waals surface area contributed by atoms with Gasteiger partial charge in [-0.2, -0.15) is 0 Å². The Labute approximate surface area is 113 Å². The molecule has 1 atom stereocenters. The number of nitrogens with one attached hydrogen (secondary N) is 1. The highest BCUT2D eigenvalue weighted by atomic mass is 16.5. The molecule has 3 heteroatoms. The van der Waals surface area contributed by atoms with Crippen LogP contribution >= 0.6 is 0 Å². The number of carbonyl (C=O) groups is 1. The second kappa shape index (κ2) is 6.05. The van der Waals surface area contributed by atoms with Gasteiger partial charge in [-0.1, -0.05) is 48.5 Å². The summed E-state index contributed by atoms with van der Waals surface area (Å²) in [6, 6.07) is 17.7. The molecule has 0 aromatic heterocycles. The molecule has 0 saturated carbocycles. The molecule has 0 radical (unpaired) electrons. The lowest BCUT2D eigenvalue weighted by atomic mass is 10.0. The minimum Gasteiger partial charge on any atom is -0.480 e. The van der Waals surface area contributed by atoms with Crippen molar-refractivity contribution in [1.82, 2.24) is 5.32 Å². The van der Waals surface area contributed by atoms with Gasteiger partial charge < -0.3 is 10.1 Å². The normalized spacial score (nSPS) is 11.7. The van der Waals surface area contributed by atoms with Crippen LogP contribution in [0.3, 0.4) is 0 Å². The molecule has 0 fully saturated rings. The van der Waals surface area contributed by atoms with E-state index in [0.29, 0.717) is 5.75 Å². The van der Waals surface area contributed by atoms with Gasteiger partial charge in [-0.15, -0.1) is 0 Å². The van der Waals surface area contributed by atoms with E-state index in [2.05, 4.69) is 5.32 Å². The van der Waals surface area contributed by atoms with Crippen molar-refractivity contribution in [3.63, 3.8) is 0 Å². The van der Waals surface area contributed by atoms with E-state index in [1.165, 1.54) is 0 Å². The molecule has 98 valence electrons. The van der Waals surface area contributed by atoms with E-state index in [1.54, 1.807) is 14.0 Å². The maximum Gasteiger partial charge on any atom is 0.260 e. The first-order chi connectivity index (χ1) is 9.22. The van der Waals surface area contributed by atoms with E-state index in [1.807, 2.05) is 54.6 Å². The van der Waals surface area contributed by atoms with Gasteiger partial charge in [0.1, 0.15) is 5.75 Å². The van der Waals surface area contributed by atoms with Crippen molar-refractivity contribution in [2.24, 2.45) is 0 Å². The van der Waals surface area contributed by atoms with Crippen LogP contribution in [-0.2, 0) is 4.79 Å². The maximum absolute atomic E-state index is 11.5. The molecule has 0 aliphatic heterocycles. The molecular weight excluding hydrogens is 238 g/mol. The van der Waals surface area contributed by atoms with Gasteiger partial charge >= 0.3 is 0 Å². The molecule has 0 aliphatic carbocycles. The fourth-order valence-corrected chi connectivity index (χ4v) is 1.87. The molecule has 2 aromatic rings. The van der Waals surface area contributed by atoms with Gasteiger partial charge in [-0.25, -0.2) is 0 Å². The Hall–Kier alpha value is -2.29. The topological polar surface area (TPSA) is 38.3 Å². The Bertz CT molecular complexity index is 552. The molecule has 2 aromatic carbocycles. The third-order valence-electron chi connectivity index (χ3n) is 2.89. The van der Waals surface area contributed by atoms with Crippen LogP contribution in [0.5, 0.6) is 5.75 Å². The summed E-state index contributed by atoms with van der Waals surface area (Å²) in [6.45, 7) is 1.74. The summed E-state index contributed by atoms with van der Waals surface area (Å²) in [7, 11) is 1.60. The van der Waals surface area contributed by atoms with Gasteiger partial charge in [-0.05, 0) is 18.6 Å². The first-order valence-corrected chi connectivity index (χ1v) is 6.25. The van der Waals surface area contributed by atoms with Gasteiger partial charge in [0, 0.05) is 12.6 Å². The highest BCUT2D eigenvalue weighted by Gasteiger charge is 2.14. The van der Waals surface area contributed by atoms with Crippen LogP contribution < -0.4 is 10.1 Å². The quantitative estimate of drug-likeness (QED) is 0.912. The largest absolute Gasteiger partial charge is 0.480 e. The van der Waals surface area contributed by atoms with E-state index in [9.17, 15) is 4.79 Å². The SMILES string of the molecule is CNC(=O)[C@H](C)Oc1ccccc1-c1ccccc1. The third-order valence-corrected chi connectivity index (χ3v) is 2.89. The van der Waals surface area contributed by atoms with Crippen LogP contribution in [0, 0.1) is 0 Å². The number of hydrogen-bond acceptors (Lipinski definition) is 2. The summed E-state index contributed by atoms with van der Waals surface area (Å²) in [5.74, 6) is 0.577. The molecule has 3 nitrogen and oxygen atoms in total. The second-order valence-corrected chi connectivity index (χ2v) is 4.24. The Morgan fingerprint density at radius 2 is 1.68 bits per heavy atom. The molecule has 1 N–H and O–H groups in total. The molecule has 0 bridgehead atoms. The first-order valence-electron chi connectivity index (χ1n) is 6.25. The zero-order valence-corrected chi connectivity index (χ0v) is 11.1. The summed E-state index contributed by atoms with van der Waals surface area (Å²) in [5, 5.41) is 2.58. The number of amides is 1. The van der Waals surface area contributed by atoms with Crippen LogP contribution in [0.4, 0.5) is 0 Å². The lowest BCUT2D eigenvalue weighted by Gasteiger charge is -2.16. The van der Waals surface area contributed by atoms with Gasteiger partial charge in [0.15, 0.2) is 6.10 Å². The van der Waals surface area contributed by atoms with Gasteiger partial charge in [0.05, 0.1) is 0 Å². The van der Waals surface area contributed by atoms with Gasteiger partial charge in [0.25, 0.3) is 5.91 Å². The van der Waals surface area contributed by atoms with Crippen molar-refractivity contribution < 1.29 is 9.53 Å². The Balaban J connectivity index is 2.30. The zero-order valence-electron chi connectivity index (χ0n) is 11.1. The number of rotatable bonds is 4. The third kappa shape index (κ3) is 3.13. The number of para-hydroxylation sites is 1. The number of likely N-dealkylation sites (N-methyl/N-ethyl adjacent to an activating group) is 1. The van der Waals surface area contributed by atoms with Gasteiger partial charge in [0.2, 0.25) is 0 Å². The average Bonchev–Trinajstić information content (AvgIpc) is 2.47. The summed E-state index contributed by atoms with van der Waals surface area (Å²) >= 11 is 0. The molecule has 19 heavy (non-hydrogen) atoms. The predicted molar refractivity (Wildman–Crippen MR) is 76.0 cm³/mol. The highest BCUT2D eigenvalue weighted by Crippen LogP contribution is 2.30. The molecule has 1 amide bonds. The van der Waals surface area contributed by atoms with E-state index < -0.39 is 6.10 Å². The zero-order chi connectivity index (χ0) is 13.7. The minimum absolute atomic E-state index is 0.136. The van der Waals surface area contributed by atoms with E-state index in [0.717, 1.165) is 11.1 Å². The summed E-state index contributed by atoms with van der Waals surface area (Å²) in [5.41, 5.74) is 2.06. The molecular formula is C16H17NO2. The summed E-state index contributed by atoms with van der Waals surface area (Å²) in [4.78, 5) is 11.5. The maximum atomic E-state index is 11.5. The average molecular weight is 255 g/mol. The van der Waals surface area contributed by atoms with Crippen molar-refractivity contribution in [3.8, 4) is 16.9 Å². The molecule has 0 spiro atoms. The number of benzene rings is 2. The van der Waals surface area contributed by atoms with E-state index >= 15 is 0 Å². The Morgan fingerprint density at radius 1 is 1.05 bits per heavy atom. The Morgan fingerprint density at radius 3 is 2.37 bits per heavy atom. The second-order valence-electron chi connectivity index (χ2n) is 4.24. The van der Waals surface area contributed by atoms with Crippen LogP contribution in [-0.4, -0.2) is 19.1 Å². The fourth-order valence-electron chi connectivity index (χ4n) is 1.87. The van der Waals surface area contributed by atoms with Gasteiger partial charge in [-0.3, -0.25) is 4.79 Å². The first kappa shape index (κ1) is 13.1. The van der Waals surface area contributed by atoms with Crippen LogP contribution in [0.25, 0.3) is 11.1 Å². The standard InChI is InChI=1S/C16H17NO2/c1-12(16(18)17-2)19-15-11-7-6-10-14(15)13-8-4-3-5-9-13/h3-12H,1-2H3,(H,17,18)/t12-/m0/s1.